The molecule has 0 saturated carbocycles. The lowest BCUT2D eigenvalue weighted by Crippen LogP contribution is -2.50. The second-order valence-corrected chi connectivity index (χ2v) is 9.55. The number of hydrogen-bond donors (Lipinski definition) is 2. The summed E-state index contributed by atoms with van der Waals surface area (Å²) in [4.78, 5) is 14.2. The Morgan fingerprint density at radius 3 is 2.45 bits per heavy atom. The SMILES string of the molecule is C[C@H]1CN(CCC2(N)Cc3ccccc3C2)CC[C@]1(C)c1cccc(C(N)=O)c1. The van der Waals surface area contributed by atoms with E-state index in [0.717, 1.165) is 45.3 Å². The fraction of sp³-hybridized carbons (Fsp3) is 0.480. The molecule has 1 saturated heterocycles. The number of primary amides is 1. The summed E-state index contributed by atoms with van der Waals surface area (Å²) < 4.78 is 0. The standard InChI is InChI=1S/C25H33N3O/c1-18-17-28(13-11-25(27)15-20-6-3-4-7-21(20)16-25)12-10-24(18,2)22-9-5-8-19(14-22)23(26)29/h3-9,14,18H,10-13,15-17,27H2,1-2H3,(H2,26,29)/t18-,24-/m0/s1. The van der Waals surface area contributed by atoms with E-state index in [1.54, 1.807) is 6.07 Å². The Kier molecular flexibility index (Phi) is 5.26. The number of rotatable bonds is 5. The first-order chi connectivity index (χ1) is 13.8. The number of nitrogens with zero attached hydrogens (tertiary/aromatic N) is 1. The number of benzene rings is 2. The average molecular weight is 392 g/mol. The van der Waals surface area contributed by atoms with Gasteiger partial charge in [0.1, 0.15) is 0 Å². The third-order valence-corrected chi connectivity index (χ3v) is 7.50. The molecule has 1 aliphatic carbocycles. The van der Waals surface area contributed by atoms with E-state index in [1.807, 2.05) is 12.1 Å². The molecular formula is C25H33N3O. The Balaban J connectivity index is 1.38. The molecule has 4 heteroatoms. The van der Waals surface area contributed by atoms with Crippen LogP contribution >= 0.6 is 0 Å². The maximum Gasteiger partial charge on any atom is 0.248 e. The summed E-state index contributed by atoms with van der Waals surface area (Å²) in [5, 5.41) is 0. The van der Waals surface area contributed by atoms with Gasteiger partial charge < -0.3 is 16.4 Å². The molecule has 2 atom stereocenters. The molecule has 1 amide bonds. The van der Waals surface area contributed by atoms with Crippen molar-refractivity contribution >= 4 is 5.91 Å². The summed E-state index contributed by atoms with van der Waals surface area (Å²) >= 11 is 0. The highest BCUT2D eigenvalue weighted by molar-refractivity contribution is 5.92. The van der Waals surface area contributed by atoms with Crippen LogP contribution in [0.1, 0.15) is 53.7 Å². The van der Waals surface area contributed by atoms with Crippen LogP contribution in [0.25, 0.3) is 0 Å². The molecule has 4 nitrogen and oxygen atoms in total. The van der Waals surface area contributed by atoms with E-state index in [0.29, 0.717) is 11.5 Å². The van der Waals surface area contributed by atoms with Gasteiger partial charge in [-0.25, -0.2) is 0 Å². The summed E-state index contributed by atoms with van der Waals surface area (Å²) in [6.45, 7) is 7.82. The average Bonchev–Trinajstić information content (AvgIpc) is 3.05. The molecule has 1 aliphatic heterocycles. The van der Waals surface area contributed by atoms with Crippen molar-refractivity contribution in [2.75, 3.05) is 19.6 Å². The van der Waals surface area contributed by atoms with Gasteiger partial charge in [-0.1, -0.05) is 50.2 Å². The van der Waals surface area contributed by atoms with Gasteiger partial charge in [-0.05, 0) is 78.9 Å². The predicted octanol–water partition coefficient (Wildman–Crippen LogP) is 3.27. The summed E-state index contributed by atoms with van der Waals surface area (Å²) in [6, 6.07) is 16.6. The minimum Gasteiger partial charge on any atom is -0.366 e. The van der Waals surface area contributed by atoms with Gasteiger partial charge in [0, 0.05) is 17.6 Å². The molecule has 4 rings (SSSR count). The zero-order chi connectivity index (χ0) is 20.6. The maximum atomic E-state index is 11.6. The Morgan fingerprint density at radius 2 is 1.83 bits per heavy atom. The second-order valence-electron chi connectivity index (χ2n) is 9.55. The number of carbonyl (C=O) groups excluding carboxylic acids is 1. The molecule has 1 heterocycles. The second kappa shape index (κ2) is 7.58. The third-order valence-electron chi connectivity index (χ3n) is 7.50. The smallest absolute Gasteiger partial charge is 0.248 e. The number of fused-ring (bicyclic) bond motifs is 1. The highest BCUT2D eigenvalue weighted by Crippen LogP contribution is 2.40. The van der Waals surface area contributed by atoms with Gasteiger partial charge in [0.2, 0.25) is 5.91 Å². The molecule has 2 aromatic rings. The molecular weight excluding hydrogens is 358 g/mol. The van der Waals surface area contributed by atoms with Crippen LogP contribution in [-0.4, -0.2) is 36.0 Å². The lowest BCUT2D eigenvalue weighted by Gasteiger charge is -2.45. The first-order valence-corrected chi connectivity index (χ1v) is 10.8. The zero-order valence-electron chi connectivity index (χ0n) is 17.7. The van der Waals surface area contributed by atoms with Crippen LogP contribution in [0.4, 0.5) is 0 Å². The van der Waals surface area contributed by atoms with Gasteiger partial charge in [-0.2, -0.15) is 0 Å². The minimum absolute atomic E-state index is 0.0615. The van der Waals surface area contributed by atoms with E-state index in [2.05, 4.69) is 49.1 Å². The van der Waals surface area contributed by atoms with Crippen molar-refractivity contribution < 1.29 is 4.79 Å². The maximum absolute atomic E-state index is 11.6. The zero-order valence-corrected chi connectivity index (χ0v) is 17.7. The third kappa shape index (κ3) is 3.96. The van der Waals surface area contributed by atoms with E-state index >= 15 is 0 Å². The molecule has 0 spiro atoms. The number of nitrogens with two attached hydrogens (primary N) is 2. The van der Waals surface area contributed by atoms with Crippen LogP contribution in [0.5, 0.6) is 0 Å². The fourth-order valence-corrected chi connectivity index (χ4v) is 5.26. The van der Waals surface area contributed by atoms with Crippen molar-refractivity contribution in [2.24, 2.45) is 17.4 Å². The van der Waals surface area contributed by atoms with E-state index < -0.39 is 0 Å². The summed E-state index contributed by atoms with van der Waals surface area (Å²) in [5.74, 6) is 0.139. The number of amides is 1. The van der Waals surface area contributed by atoms with Crippen molar-refractivity contribution in [3.05, 3.63) is 70.8 Å². The number of piperidine rings is 1. The van der Waals surface area contributed by atoms with Crippen molar-refractivity contribution in [3.8, 4) is 0 Å². The molecule has 29 heavy (non-hydrogen) atoms. The molecule has 2 aliphatic rings. The Labute approximate surface area is 174 Å². The topological polar surface area (TPSA) is 72.3 Å². The highest BCUT2D eigenvalue weighted by Gasteiger charge is 2.39. The van der Waals surface area contributed by atoms with E-state index in [1.165, 1.54) is 16.7 Å². The Bertz CT molecular complexity index is 883. The molecule has 2 aromatic carbocycles. The van der Waals surface area contributed by atoms with Crippen LogP contribution in [0.15, 0.2) is 48.5 Å². The number of carbonyl (C=O) groups is 1. The predicted molar refractivity (Wildman–Crippen MR) is 118 cm³/mol. The first-order valence-electron chi connectivity index (χ1n) is 10.8. The summed E-state index contributed by atoms with van der Waals surface area (Å²) in [7, 11) is 0. The Morgan fingerprint density at radius 1 is 1.14 bits per heavy atom. The summed E-state index contributed by atoms with van der Waals surface area (Å²) in [6.07, 6.45) is 4.09. The lowest BCUT2D eigenvalue weighted by atomic mass is 9.67. The van der Waals surface area contributed by atoms with E-state index in [-0.39, 0.29) is 16.9 Å². The minimum atomic E-state index is -0.355. The van der Waals surface area contributed by atoms with Crippen molar-refractivity contribution in [2.45, 2.75) is 50.5 Å². The van der Waals surface area contributed by atoms with Crippen molar-refractivity contribution in [3.63, 3.8) is 0 Å². The quantitative estimate of drug-likeness (QED) is 0.822. The molecule has 0 radical (unpaired) electrons. The highest BCUT2D eigenvalue weighted by atomic mass is 16.1. The van der Waals surface area contributed by atoms with Crippen LogP contribution in [0.2, 0.25) is 0 Å². The molecule has 154 valence electrons. The van der Waals surface area contributed by atoms with Gasteiger partial charge in [0.15, 0.2) is 0 Å². The number of likely N-dealkylation sites (tertiary alicyclic amines) is 1. The van der Waals surface area contributed by atoms with E-state index in [9.17, 15) is 4.79 Å². The molecule has 0 unspecified atom stereocenters. The first kappa shape index (κ1) is 20.1. The molecule has 4 N–H and O–H groups in total. The van der Waals surface area contributed by atoms with Crippen molar-refractivity contribution in [1.82, 2.24) is 4.90 Å². The van der Waals surface area contributed by atoms with E-state index in [4.69, 9.17) is 11.5 Å². The van der Waals surface area contributed by atoms with Crippen LogP contribution in [0.3, 0.4) is 0 Å². The normalized spacial score (nSPS) is 26.2. The largest absolute Gasteiger partial charge is 0.366 e. The fourth-order valence-electron chi connectivity index (χ4n) is 5.26. The summed E-state index contributed by atoms with van der Waals surface area (Å²) in [5.41, 5.74) is 16.9. The Hall–Kier alpha value is -2.17. The molecule has 0 aromatic heterocycles. The molecule has 0 bridgehead atoms. The van der Waals surface area contributed by atoms with Gasteiger partial charge in [-0.3, -0.25) is 4.79 Å². The van der Waals surface area contributed by atoms with Crippen molar-refractivity contribution in [1.29, 1.82) is 0 Å². The lowest BCUT2D eigenvalue weighted by molar-refractivity contribution is 0.0995. The molecule has 1 fully saturated rings. The van der Waals surface area contributed by atoms with Crippen LogP contribution < -0.4 is 11.5 Å². The van der Waals surface area contributed by atoms with Gasteiger partial charge >= 0.3 is 0 Å². The van der Waals surface area contributed by atoms with Crippen LogP contribution in [0, 0.1) is 5.92 Å². The van der Waals surface area contributed by atoms with Gasteiger partial charge in [0.25, 0.3) is 0 Å². The number of hydrogen-bond acceptors (Lipinski definition) is 3. The monoisotopic (exact) mass is 391 g/mol. The van der Waals surface area contributed by atoms with Crippen LogP contribution in [-0.2, 0) is 18.3 Å². The van der Waals surface area contributed by atoms with Gasteiger partial charge in [-0.15, -0.1) is 0 Å². The van der Waals surface area contributed by atoms with Gasteiger partial charge in [0.05, 0.1) is 0 Å².